The van der Waals surface area contributed by atoms with E-state index in [1.165, 1.54) is 25.3 Å². The van der Waals surface area contributed by atoms with E-state index < -0.39 is 6.10 Å². The van der Waals surface area contributed by atoms with Gasteiger partial charge >= 0.3 is 6.03 Å². The normalized spacial score (nSPS) is 24.0. The van der Waals surface area contributed by atoms with Gasteiger partial charge in [-0.1, -0.05) is 48.5 Å². The summed E-state index contributed by atoms with van der Waals surface area (Å²) in [6, 6.07) is 24.6. The number of H-pyrrole nitrogens is 1. The molecule has 45 heavy (non-hydrogen) atoms. The largest absolute Gasteiger partial charge is 0.487 e. The van der Waals surface area contributed by atoms with E-state index in [4.69, 9.17) is 4.74 Å². The van der Waals surface area contributed by atoms with Gasteiger partial charge in [-0.25, -0.2) is 4.79 Å². The number of fused-ring (bicyclic) bond motifs is 1. The Labute approximate surface area is 263 Å². The fourth-order valence-corrected chi connectivity index (χ4v) is 8.45. The number of aromatic amines is 1. The number of nitrogens with one attached hydrogen (secondary N) is 4. The molecule has 0 radical (unpaired) electrons. The fourth-order valence-electron chi connectivity index (χ4n) is 8.45. The Morgan fingerprint density at radius 1 is 0.911 bits per heavy atom. The van der Waals surface area contributed by atoms with Crippen LogP contribution in [0.1, 0.15) is 61.3 Å². The van der Waals surface area contributed by atoms with E-state index in [9.17, 15) is 14.7 Å². The summed E-state index contributed by atoms with van der Waals surface area (Å²) in [6.07, 6.45) is 7.41. The predicted octanol–water partition coefficient (Wildman–Crippen LogP) is 6.06. The molecule has 4 bridgehead atoms. The van der Waals surface area contributed by atoms with Crippen LogP contribution in [-0.2, 0) is 13.0 Å². The van der Waals surface area contributed by atoms with Crippen molar-refractivity contribution in [2.24, 2.45) is 17.8 Å². The van der Waals surface area contributed by atoms with Crippen molar-refractivity contribution in [1.29, 1.82) is 0 Å². The summed E-state index contributed by atoms with van der Waals surface area (Å²) in [5.41, 5.74) is 3.98. The van der Waals surface area contributed by atoms with Crippen LogP contribution in [0, 0.1) is 17.8 Å². The van der Waals surface area contributed by atoms with Gasteiger partial charge < -0.3 is 30.8 Å². The van der Waals surface area contributed by atoms with Crippen LogP contribution in [0.4, 0.5) is 10.5 Å². The van der Waals surface area contributed by atoms with E-state index in [-0.39, 0.29) is 17.1 Å². The highest BCUT2D eigenvalue weighted by Crippen LogP contribution is 2.55. The molecule has 1 heterocycles. The first-order chi connectivity index (χ1) is 21.9. The van der Waals surface area contributed by atoms with Crippen LogP contribution in [0.15, 0.2) is 83.7 Å². The van der Waals surface area contributed by atoms with Crippen molar-refractivity contribution >= 4 is 22.6 Å². The maximum atomic E-state index is 13.0. The molecule has 8 heteroatoms. The van der Waals surface area contributed by atoms with Gasteiger partial charge in [-0.2, -0.15) is 0 Å². The lowest BCUT2D eigenvalue weighted by Gasteiger charge is -2.56. The van der Waals surface area contributed by atoms with Gasteiger partial charge in [0, 0.05) is 29.2 Å². The van der Waals surface area contributed by atoms with Gasteiger partial charge in [-0.05, 0) is 110 Å². The van der Waals surface area contributed by atoms with Crippen molar-refractivity contribution in [3.8, 4) is 5.75 Å². The molecule has 5 N–H and O–H groups in total. The standard InChI is InChI=1S/C37H42N4O4/c42-32(30-9-11-33(35-31(30)10-12-34(43)40-35)45-23-25-5-2-1-3-6-25)22-38-14-13-24-7-4-8-29(18-24)39-36(44)41-37-19-26-15-27(20-37)17-28(16-26)21-37/h1-12,18,26-28,32,38,42H,13-17,19-23H2,(H,40,43)(H2,39,41,44)/t26?,27?,28?,32-,37?/m1/s1. The summed E-state index contributed by atoms with van der Waals surface area (Å²) in [7, 11) is 0. The molecule has 4 fully saturated rings. The minimum absolute atomic E-state index is 0.0165. The highest BCUT2D eigenvalue weighted by molar-refractivity contribution is 5.90. The van der Waals surface area contributed by atoms with Crippen LogP contribution in [-0.4, -0.2) is 34.8 Å². The predicted molar refractivity (Wildman–Crippen MR) is 176 cm³/mol. The molecule has 4 saturated carbocycles. The Hall–Kier alpha value is -4.14. The monoisotopic (exact) mass is 606 g/mol. The number of amides is 2. The smallest absolute Gasteiger partial charge is 0.319 e. The van der Waals surface area contributed by atoms with Crippen LogP contribution >= 0.6 is 0 Å². The number of aliphatic hydroxyl groups excluding tert-OH is 1. The topological polar surface area (TPSA) is 115 Å². The maximum Gasteiger partial charge on any atom is 0.319 e. The number of hydrogen-bond donors (Lipinski definition) is 5. The number of urea groups is 1. The van der Waals surface area contributed by atoms with Crippen molar-refractivity contribution < 1.29 is 14.6 Å². The van der Waals surface area contributed by atoms with Crippen molar-refractivity contribution in [3.63, 3.8) is 0 Å². The molecule has 234 valence electrons. The third-order valence-corrected chi connectivity index (χ3v) is 10.0. The number of aliphatic hydroxyl groups is 1. The molecule has 0 saturated heterocycles. The summed E-state index contributed by atoms with van der Waals surface area (Å²) in [5.74, 6) is 2.92. The molecule has 8 nitrogen and oxygen atoms in total. The molecule has 0 spiro atoms. The molecule has 0 unspecified atom stereocenters. The van der Waals surface area contributed by atoms with Gasteiger partial charge in [-0.3, -0.25) is 4.79 Å². The summed E-state index contributed by atoms with van der Waals surface area (Å²) in [5, 5.41) is 21.7. The number of anilines is 1. The molecule has 4 aliphatic carbocycles. The second-order valence-electron chi connectivity index (χ2n) is 13.5. The lowest BCUT2D eigenvalue weighted by Crippen LogP contribution is -2.60. The molecule has 4 aromatic rings. The summed E-state index contributed by atoms with van der Waals surface area (Å²) in [4.78, 5) is 28.1. The number of ether oxygens (including phenoxy) is 1. The number of aromatic nitrogens is 1. The molecular weight excluding hydrogens is 564 g/mol. The zero-order chi connectivity index (χ0) is 30.8. The molecule has 8 rings (SSSR count). The number of carbonyl (C=O) groups is 1. The van der Waals surface area contributed by atoms with Gasteiger partial charge in [0.2, 0.25) is 5.56 Å². The van der Waals surface area contributed by atoms with Gasteiger partial charge in [0.05, 0.1) is 11.6 Å². The maximum absolute atomic E-state index is 13.0. The van der Waals surface area contributed by atoms with E-state index in [1.807, 2.05) is 54.6 Å². The number of carbonyl (C=O) groups excluding carboxylic acids is 1. The Morgan fingerprint density at radius 2 is 1.64 bits per heavy atom. The Bertz CT molecular complexity index is 1680. The molecule has 1 aromatic heterocycles. The van der Waals surface area contributed by atoms with Crippen LogP contribution < -0.4 is 26.2 Å². The van der Waals surface area contributed by atoms with E-state index in [0.717, 1.165) is 71.2 Å². The molecule has 1 atom stereocenters. The first kappa shape index (κ1) is 29.6. The van der Waals surface area contributed by atoms with Crippen LogP contribution in [0.3, 0.4) is 0 Å². The highest BCUT2D eigenvalue weighted by Gasteiger charge is 2.51. The van der Waals surface area contributed by atoms with Gasteiger partial charge in [-0.15, -0.1) is 0 Å². The zero-order valence-corrected chi connectivity index (χ0v) is 25.6. The molecule has 4 aliphatic rings. The van der Waals surface area contributed by atoms with Gasteiger partial charge in [0.15, 0.2) is 0 Å². The molecule has 2 amide bonds. The average molecular weight is 607 g/mol. The number of rotatable bonds is 11. The van der Waals surface area contributed by atoms with Gasteiger partial charge in [0.25, 0.3) is 0 Å². The number of pyridine rings is 1. The zero-order valence-electron chi connectivity index (χ0n) is 25.6. The summed E-state index contributed by atoms with van der Waals surface area (Å²) < 4.78 is 6.04. The lowest BCUT2D eigenvalue weighted by molar-refractivity contribution is -0.0127. The fraction of sp³-hybridized carbons (Fsp3) is 0.405. The van der Waals surface area contributed by atoms with Crippen molar-refractivity contribution in [1.82, 2.24) is 15.6 Å². The number of benzene rings is 3. The summed E-state index contributed by atoms with van der Waals surface area (Å²) in [6.45, 7) is 1.39. The quantitative estimate of drug-likeness (QED) is 0.133. The third kappa shape index (κ3) is 6.77. The van der Waals surface area contributed by atoms with Crippen molar-refractivity contribution in [2.75, 3.05) is 18.4 Å². The molecule has 0 aliphatic heterocycles. The Balaban J connectivity index is 0.923. The first-order valence-corrected chi connectivity index (χ1v) is 16.3. The first-order valence-electron chi connectivity index (χ1n) is 16.3. The Kier molecular flexibility index (Phi) is 8.34. The SMILES string of the molecule is O=C(Nc1cccc(CCNC[C@@H](O)c2ccc(OCc3ccccc3)c3[nH]c(=O)ccc23)c1)NC12CC3CC(CC(C3)C1)C2. The minimum Gasteiger partial charge on any atom is -0.487 e. The molecule has 3 aromatic carbocycles. The van der Waals surface area contributed by atoms with E-state index >= 15 is 0 Å². The van der Waals surface area contributed by atoms with Crippen LogP contribution in [0.5, 0.6) is 5.75 Å². The molecular formula is C37H42N4O4. The van der Waals surface area contributed by atoms with Crippen molar-refractivity contribution in [2.45, 2.75) is 63.2 Å². The second kappa shape index (κ2) is 12.7. The third-order valence-electron chi connectivity index (χ3n) is 10.0. The van der Waals surface area contributed by atoms with Crippen LogP contribution in [0.2, 0.25) is 0 Å². The lowest BCUT2D eigenvalue weighted by atomic mass is 9.53. The summed E-state index contributed by atoms with van der Waals surface area (Å²) >= 11 is 0. The Morgan fingerprint density at radius 3 is 2.40 bits per heavy atom. The van der Waals surface area contributed by atoms with E-state index in [1.54, 1.807) is 12.1 Å². The van der Waals surface area contributed by atoms with Gasteiger partial charge in [0.1, 0.15) is 12.4 Å². The number of hydrogen-bond acceptors (Lipinski definition) is 5. The second-order valence-corrected chi connectivity index (χ2v) is 13.5. The van der Waals surface area contributed by atoms with E-state index in [2.05, 4.69) is 27.0 Å². The van der Waals surface area contributed by atoms with Crippen molar-refractivity contribution in [3.05, 3.63) is 106 Å². The van der Waals surface area contributed by atoms with E-state index in [0.29, 0.717) is 31.0 Å². The van der Waals surface area contributed by atoms with Crippen LogP contribution in [0.25, 0.3) is 10.9 Å². The average Bonchev–Trinajstić information content (AvgIpc) is 3.01. The minimum atomic E-state index is -0.775. The highest BCUT2D eigenvalue weighted by atomic mass is 16.5.